The highest BCUT2D eigenvalue weighted by atomic mass is 16.5. The quantitative estimate of drug-likeness (QED) is 0.697. The first-order valence-corrected chi connectivity index (χ1v) is 8.61. The molecule has 0 aromatic carbocycles. The van der Waals surface area contributed by atoms with Gasteiger partial charge in [-0.1, -0.05) is 0 Å². The smallest absolute Gasteiger partial charge is 0.245 e. The molecule has 1 aliphatic rings. The number of hydrogen-bond donors (Lipinski definition) is 2. The lowest BCUT2D eigenvalue weighted by molar-refractivity contribution is 0.395. The topological polar surface area (TPSA) is 130 Å². The Morgan fingerprint density at radius 3 is 3.07 bits per heavy atom. The van der Waals surface area contributed by atoms with Gasteiger partial charge in [-0.15, -0.1) is 5.10 Å². The molecular weight excluding hydrogens is 346 g/mol. The molecule has 3 aromatic heterocycles. The molecule has 0 unspecified atom stereocenters. The van der Waals surface area contributed by atoms with Crippen molar-refractivity contribution in [2.24, 2.45) is 0 Å². The summed E-state index contributed by atoms with van der Waals surface area (Å²) < 4.78 is 6.83. The molecule has 0 amide bonds. The number of nitriles is 1. The highest BCUT2D eigenvalue weighted by Crippen LogP contribution is 2.21. The highest BCUT2D eigenvalue weighted by molar-refractivity contribution is 5.50. The van der Waals surface area contributed by atoms with E-state index in [1.165, 1.54) is 13.3 Å². The minimum Gasteiger partial charge on any atom is -0.480 e. The molecule has 27 heavy (non-hydrogen) atoms. The zero-order chi connectivity index (χ0) is 18.8. The van der Waals surface area contributed by atoms with Gasteiger partial charge >= 0.3 is 0 Å². The Hall–Kier alpha value is -3.61. The molecular formula is C17H19N9O. The number of aromatic nitrogens is 5. The highest BCUT2D eigenvalue weighted by Gasteiger charge is 2.24. The molecule has 0 spiro atoms. The zero-order valence-electron chi connectivity index (χ0n) is 14.8. The number of ether oxygens (including phenoxy) is 1. The third-order valence-corrected chi connectivity index (χ3v) is 4.45. The van der Waals surface area contributed by atoms with Gasteiger partial charge in [0, 0.05) is 19.1 Å². The van der Waals surface area contributed by atoms with E-state index in [0.29, 0.717) is 23.1 Å². The van der Waals surface area contributed by atoms with Crippen LogP contribution in [0.5, 0.6) is 5.88 Å². The fourth-order valence-corrected chi connectivity index (χ4v) is 3.15. The first kappa shape index (κ1) is 16.8. The minimum absolute atomic E-state index is 0.132. The van der Waals surface area contributed by atoms with Gasteiger partial charge in [0.25, 0.3) is 0 Å². The third kappa shape index (κ3) is 3.39. The number of rotatable bonds is 4. The summed E-state index contributed by atoms with van der Waals surface area (Å²) in [6.07, 6.45) is 5.18. The molecule has 0 saturated carbocycles. The van der Waals surface area contributed by atoms with E-state index in [4.69, 9.17) is 15.7 Å². The van der Waals surface area contributed by atoms with Crippen LogP contribution in [-0.4, -0.2) is 50.8 Å². The summed E-state index contributed by atoms with van der Waals surface area (Å²) in [5.41, 5.74) is 7.52. The fourth-order valence-electron chi connectivity index (χ4n) is 3.15. The van der Waals surface area contributed by atoms with Crippen LogP contribution in [0.15, 0.2) is 24.5 Å². The maximum Gasteiger partial charge on any atom is 0.245 e. The molecule has 3 aromatic rings. The molecule has 0 aliphatic carbocycles. The van der Waals surface area contributed by atoms with Crippen LogP contribution in [0.25, 0.3) is 5.65 Å². The van der Waals surface area contributed by atoms with E-state index in [-0.39, 0.29) is 11.9 Å². The molecule has 3 N–H and O–H groups in total. The van der Waals surface area contributed by atoms with E-state index in [9.17, 15) is 0 Å². The zero-order valence-corrected chi connectivity index (χ0v) is 14.8. The lowest BCUT2D eigenvalue weighted by atomic mass is 10.1. The monoisotopic (exact) mass is 365 g/mol. The van der Waals surface area contributed by atoms with Crippen molar-refractivity contribution < 1.29 is 4.74 Å². The largest absolute Gasteiger partial charge is 0.480 e. The molecule has 138 valence electrons. The predicted molar refractivity (Wildman–Crippen MR) is 99.6 cm³/mol. The maximum atomic E-state index is 9.04. The van der Waals surface area contributed by atoms with Crippen molar-refractivity contribution in [2.45, 2.75) is 18.9 Å². The number of piperidine rings is 1. The number of pyridine rings is 1. The fraction of sp³-hybridized carbons (Fsp3) is 0.353. The summed E-state index contributed by atoms with van der Waals surface area (Å²) in [7, 11) is 1.48. The first-order chi connectivity index (χ1) is 13.2. The lowest BCUT2D eigenvalue weighted by Crippen LogP contribution is -2.43. The van der Waals surface area contributed by atoms with Crippen molar-refractivity contribution >= 4 is 23.2 Å². The first-order valence-electron chi connectivity index (χ1n) is 8.61. The van der Waals surface area contributed by atoms with E-state index in [1.54, 1.807) is 10.7 Å². The Labute approximate surface area is 155 Å². The van der Waals surface area contributed by atoms with Crippen LogP contribution in [0.3, 0.4) is 0 Å². The van der Waals surface area contributed by atoms with Gasteiger partial charge in [-0.2, -0.15) is 15.2 Å². The van der Waals surface area contributed by atoms with Crippen molar-refractivity contribution in [3.05, 3.63) is 30.1 Å². The van der Waals surface area contributed by atoms with Gasteiger partial charge in [-0.25, -0.2) is 9.50 Å². The molecule has 0 bridgehead atoms. The van der Waals surface area contributed by atoms with Gasteiger partial charge in [0.05, 0.1) is 25.2 Å². The second kappa shape index (κ2) is 6.95. The Bertz CT molecular complexity index is 1010. The number of methoxy groups -OCH3 is 1. The Balaban J connectivity index is 1.50. The van der Waals surface area contributed by atoms with Gasteiger partial charge in [-0.05, 0) is 25.0 Å². The van der Waals surface area contributed by atoms with Gasteiger partial charge in [0.2, 0.25) is 17.8 Å². The van der Waals surface area contributed by atoms with Crippen molar-refractivity contribution in [2.75, 3.05) is 36.1 Å². The molecule has 0 radical (unpaired) electrons. The van der Waals surface area contributed by atoms with Crippen LogP contribution in [-0.2, 0) is 0 Å². The number of anilines is 3. The number of nitrogen functional groups attached to an aromatic ring is 1. The Kier molecular flexibility index (Phi) is 4.33. The van der Waals surface area contributed by atoms with Crippen molar-refractivity contribution in [3.8, 4) is 11.9 Å². The van der Waals surface area contributed by atoms with E-state index in [1.807, 2.05) is 18.2 Å². The number of hydrogen-bond acceptors (Lipinski definition) is 9. The van der Waals surface area contributed by atoms with Gasteiger partial charge in [0.1, 0.15) is 11.6 Å². The van der Waals surface area contributed by atoms with Crippen LogP contribution in [0.4, 0.5) is 17.6 Å². The average Bonchev–Trinajstić information content (AvgIpc) is 3.11. The average molecular weight is 365 g/mol. The van der Waals surface area contributed by atoms with E-state index in [2.05, 4.69) is 30.3 Å². The molecule has 10 heteroatoms. The van der Waals surface area contributed by atoms with Gasteiger partial charge in [-0.3, -0.25) is 0 Å². The maximum absolute atomic E-state index is 9.04. The number of nitrogens with two attached hydrogens (primary N) is 1. The van der Waals surface area contributed by atoms with Crippen LogP contribution >= 0.6 is 0 Å². The number of fused-ring (bicyclic) bond motifs is 1. The molecule has 4 rings (SSSR count). The number of nitrogens with zero attached hydrogens (tertiary/aromatic N) is 7. The summed E-state index contributed by atoms with van der Waals surface area (Å²) in [4.78, 5) is 15.2. The number of nitrogens with one attached hydrogen (secondary N) is 1. The van der Waals surface area contributed by atoms with E-state index >= 15 is 0 Å². The van der Waals surface area contributed by atoms with Crippen LogP contribution in [0.2, 0.25) is 0 Å². The molecule has 10 nitrogen and oxygen atoms in total. The standard InChI is InChI=1S/C17H19N9O/c1-27-15-11(7-18)8-20-16(23-15)21-13-3-2-6-25(10-13)17-22-14-5-4-12(19)9-26(14)24-17/h4-5,8-9,13H,2-3,6,10,19H2,1H3,(H,20,21,23)/t13-/m1/s1. The summed E-state index contributed by atoms with van der Waals surface area (Å²) in [5, 5.41) is 16.9. The van der Waals surface area contributed by atoms with Crippen molar-refractivity contribution in [1.29, 1.82) is 5.26 Å². The molecule has 4 heterocycles. The van der Waals surface area contributed by atoms with Gasteiger partial charge in [0.15, 0.2) is 5.65 Å². The molecule has 1 aliphatic heterocycles. The summed E-state index contributed by atoms with van der Waals surface area (Å²) >= 11 is 0. The van der Waals surface area contributed by atoms with Crippen molar-refractivity contribution in [1.82, 2.24) is 24.6 Å². The molecule has 1 atom stereocenters. The normalized spacial score (nSPS) is 16.9. The SMILES string of the molecule is COc1nc(N[C@@H]2CCCN(c3nc4ccc(N)cn4n3)C2)ncc1C#N. The molecule has 1 fully saturated rings. The van der Waals surface area contributed by atoms with Crippen LogP contribution < -0.4 is 20.7 Å². The summed E-state index contributed by atoms with van der Waals surface area (Å²) in [6, 6.07) is 5.80. The second-order valence-corrected chi connectivity index (χ2v) is 6.33. The van der Waals surface area contributed by atoms with Gasteiger partial charge < -0.3 is 20.7 Å². The summed E-state index contributed by atoms with van der Waals surface area (Å²) in [6.45, 7) is 1.60. The Morgan fingerprint density at radius 1 is 1.37 bits per heavy atom. The van der Waals surface area contributed by atoms with Crippen LogP contribution in [0, 0.1) is 11.3 Å². The van der Waals surface area contributed by atoms with E-state index in [0.717, 1.165) is 31.6 Å². The van der Waals surface area contributed by atoms with Crippen LogP contribution in [0.1, 0.15) is 18.4 Å². The second-order valence-electron chi connectivity index (χ2n) is 6.33. The minimum atomic E-state index is 0.132. The van der Waals surface area contributed by atoms with Crippen molar-refractivity contribution in [3.63, 3.8) is 0 Å². The summed E-state index contributed by atoms with van der Waals surface area (Å²) in [5.74, 6) is 1.38. The predicted octanol–water partition coefficient (Wildman–Crippen LogP) is 1.06. The molecule has 1 saturated heterocycles. The lowest BCUT2D eigenvalue weighted by Gasteiger charge is -2.32. The van der Waals surface area contributed by atoms with E-state index < -0.39 is 0 Å². The Morgan fingerprint density at radius 2 is 2.26 bits per heavy atom. The third-order valence-electron chi connectivity index (χ3n) is 4.45.